The maximum Gasteiger partial charge on any atom is 0.241 e. The van der Waals surface area contributed by atoms with Crippen LogP contribution in [0.25, 0.3) is 0 Å². The predicted octanol–water partition coefficient (Wildman–Crippen LogP) is 2.76. The van der Waals surface area contributed by atoms with E-state index in [0.717, 1.165) is 43.6 Å². The second-order valence-corrected chi connectivity index (χ2v) is 6.76. The number of hydrogen-bond acceptors (Lipinski definition) is 2. The number of carbonyl (C=O) groups is 1. The number of rotatable bonds is 7. The Morgan fingerprint density at radius 1 is 1.21 bits per heavy atom. The first-order chi connectivity index (χ1) is 9.24. The van der Waals surface area contributed by atoms with Crippen molar-refractivity contribution in [3.05, 3.63) is 0 Å². The second kappa shape index (κ2) is 5.43. The third kappa shape index (κ3) is 2.81. The van der Waals surface area contributed by atoms with E-state index < -0.39 is 0 Å². The Morgan fingerprint density at radius 3 is 2.32 bits per heavy atom. The summed E-state index contributed by atoms with van der Waals surface area (Å²) in [6.45, 7) is 5.35. The van der Waals surface area contributed by atoms with Crippen LogP contribution in [0.5, 0.6) is 0 Å². The third-order valence-corrected chi connectivity index (χ3v) is 5.18. The molecule has 2 aliphatic carbocycles. The summed E-state index contributed by atoms with van der Waals surface area (Å²) in [5, 5.41) is 3.54. The van der Waals surface area contributed by atoms with Crippen LogP contribution in [0.3, 0.4) is 0 Å². The zero-order valence-corrected chi connectivity index (χ0v) is 12.4. The lowest BCUT2D eigenvalue weighted by molar-refractivity contribution is -0.131. The van der Waals surface area contributed by atoms with Gasteiger partial charge in [0.15, 0.2) is 0 Å². The lowest BCUT2D eigenvalue weighted by atomic mass is 9.97. The molecule has 1 heterocycles. The largest absolute Gasteiger partial charge is 0.325 e. The average Bonchev–Trinajstić information content (AvgIpc) is 3.28. The molecule has 0 aromatic carbocycles. The van der Waals surface area contributed by atoms with Gasteiger partial charge in [0, 0.05) is 6.54 Å². The Morgan fingerprint density at radius 2 is 1.84 bits per heavy atom. The van der Waals surface area contributed by atoms with E-state index in [4.69, 9.17) is 0 Å². The first kappa shape index (κ1) is 13.4. The molecule has 3 aliphatic rings. The number of hydrogen-bond donors (Lipinski definition) is 1. The minimum Gasteiger partial charge on any atom is -0.325 e. The molecule has 108 valence electrons. The summed E-state index contributed by atoms with van der Waals surface area (Å²) in [7, 11) is 0. The normalized spacial score (nSPS) is 31.5. The highest BCUT2D eigenvalue weighted by molar-refractivity contribution is 5.84. The van der Waals surface area contributed by atoms with Crippen molar-refractivity contribution >= 4 is 5.91 Å². The van der Waals surface area contributed by atoms with Crippen molar-refractivity contribution in [3.8, 4) is 0 Å². The molecule has 1 saturated heterocycles. The molecule has 3 rings (SSSR count). The summed E-state index contributed by atoms with van der Waals surface area (Å²) < 4.78 is 0. The first-order valence-electron chi connectivity index (χ1n) is 8.31. The van der Waals surface area contributed by atoms with Crippen LogP contribution >= 0.6 is 0 Å². The summed E-state index contributed by atoms with van der Waals surface area (Å²) in [6.07, 6.45) is 9.12. The van der Waals surface area contributed by atoms with E-state index in [1.165, 1.54) is 25.7 Å². The summed E-state index contributed by atoms with van der Waals surface area (Å²) in [5.41, 5.74) is 0. The van der Waals surface area contributed by atoms with Crippen molar-refractivity contribution in [1.29, 1.82) is 0 Å². The highest BCUT2D eigenvalue weighted by atomic mass is 16.2. The van der Waals surface area contributed by atoms with Gasteiger partial charge in [0.25, 0.3) is 0 Å². The van der Waals surface area contributed by atoms with Gasteiger partial charge in [0.1, 0.15) is 0 Å². The van der Waals surface area contributed by atoms with Crippen molar-refractivity contribution < 1.29 is 4.79 Å². The van der Waals surface area contributed by atoms with Crippen LogP contribution in [-0.2, 0) is 4.79 Å². The molecular formula is C16H28N2O. The number of carbonyl (C=O) groups excluding carboxylic acids is 1. The van der Waals surface area contributed by atoms with Gasteiger partial charge in [-0.3, -0.25) is 10.1 Å². The molecule has 1 amide bonds. The molecule has 2 saturated carbocycles. The number of amides is 1. The molecular weight excluding hydrogens is 236 g/mol. The molecule has 1 N–H and O–H groups in total. The van der Waals surface area contributed by atoms with Gasteiger partial charge < -0.3 is 4.90 Å². The van der Waals surface area contributed by atoms with Gasteiger partial charge in [-0.2, -0.15) is 0 Å². The smallest absolute Gasteiger partial charge is 0.241 e. The molecule has 0 aromatic rings. The molecule has 0 bridgehead atoms. The molecule has 2 unspecified atom stereocenters. The maximum atomic E-state index is 12.5. The highest BCUT2D eigenvalue weighted by Gasteiger charge is 2.45. The van der Waals surface area contributed by atoms with E-state index in [1.54, 1.807) is 0 Å². The van der Waals surface area contributed by atoms with Gasteiger partial charge in [0.05, 0.1) is 12.2 Å². The topological polar surface area (TPSA) is 32.3 Å². The monoisotopic (exact) mass is 264 g/mol. The van der Waals surface area contributed by atoms with Gasteiger partial charge >= 0.3 is 0 Å². The van der Waals surface area contributed by atoms with E-state index in [1.807, 2.05) is 0 Å². The van der Waals surface area contributed by atoms with Gasteiger partial charge in [-0.15, -0.1) is 0 Å². The van der Waals surface area contributed by atoms with Crippen molar-refractivity contribution in [1.82, 2.24) is 10.2 Å². The summed E-state index contributed by atoms with van der Waals surface area (Å²) in [5.74, 6) is 3.04. The molecule has 3 heteroatoms. The lowest BCUT2D eigenvalue weighted by Gasteiger charge is -2.29. The zero-order chi connectivity index (χ0) is 13.4. The number of nitrogens with zero attached hydrogens (tertiary/aromatic N) is 1. The molecule has 2 atom stereocenters. The standard InChI is InChI=1S/C16H28N2O/c1-3-5-15-17-14(4-2)16(19)18(15)10-13(11-6-7-11)12-8-9-12/h11-15,17H,3-10H2,1-2H3. The Kier molecular flexibility index (Phi) is 3.84. The Balaban J connectivity index is 1.66. The zero-order valence-electron chi connectivity index (χ0n) is 12.4. The molecule has 19 heavy (non-hydrogen) atoms. The molecule has 3 fully saturated rings. The first-order valence-corrected chi connectivity index (χ1v) is 8.31. The van der Waals surface area contributed by atoms with Crippen molar-refractivity contribution in [3.63, 3.8) is 0 Å². The van der Waals surface area contributed by atoms with Crippen molar-refractivity contribution in [2.24, 2.45) is 17.8 Å². The van der Waals surface area contributed by atoms with E-state index in [2.05, 4.69) is 24.1 Å². The molecule has 3 nitrogen and oxygen atoms in total. The maximum absolute atomic E-state index is 12.5. The minimum absolute atomic E-state index is 0.0793. The number of nitrogens with one attached hydrogen (secondary N) is 1. The second-order valence-electron chi connectivity index (χ2n) is 6.76. The van der Waals surface area contributed by atoms with Crippen molar-refractivity contribution in [2.45, 2.75) is 71.0 Å². The van der Waals surface area contributed by atoms with Crippen LogP contribution in [0.15, 0.2) is 0 Å². The van der Waals surface area contributed by atoms with Crippen LogP contribution in [0.2, 0.25) is 0 Å². The molecule has 0 spiro atoms. The molecule has 0 aromatic heterocycles. The SMILES string of the molecule is CCCC1NC(CC)C(=O)N1CC(C1CC1)C1CC1. The van der Waals surface area contributed by atoms with Gasteiger partial charge in [-0.25, -0.2) is 0 Å². The average molecular weight is 264 g/mol. The van der Waals surface area contributed by atoms with E-state index in [9.17, 15) is 4.79 Å². The quantitative estimate of drug-likeness (QED) is 0.767. The summed E-state index contributed by atoms with van der Waals surface area (Å²) in [6, 6.07) is 0.0793. The van der Waals surface area contributed by atoms with Gasteiger partial charge in [-0.05, 0) is 56.3 Å². The fourth-order valence-corrected chi connectivity index (χ4v) is 3.73. The Bertz CT molecular complexity index is 324. The highest BCUT2D eigenvalue weighted by Crippen LogP contribution is 2.49. The van der Waals surface area contributed by atoms with E-state index in [0.29, 0.717) is 12.1 Å². The van der Waals surface area contributed by atoms with Crippen LogP contribution < -0.4 is 5.32 Å². The van der Waals surface area contributed by atoms with Crippen LogP contribution in [-0.4, -0.2) is 29.6 Å². The van der Waals surface area contributed by atoms with Crippen molar-refractivity contribution in [2.75, 3.05) is 6.54 Å². The summed E-state index contributed by atoms with van der Waals surface area (Å²) >= 11 is 0. The molecule has 0 radical (unpaired) electrons. The fraction of sp³-hybridized carbons (Fsp3) is 0.938. The molecule has 1 aliphatic heterocycles. The minimum atomic E-state index is 0.0793. The van der Waals surface area contributed by atoms with Crippen LogP contribution in [0, 0.1) is 17.8 Å². The van der Waals surface area contributed by atoms with E-state index >= 15 is 0 Å². The summed E-state index contributed by atoms with van der Waals surface area (Å²) in [4.78, 5) is 14.7. The Hall–Kier alpha value is -0.570. The van der Waals surface area contributed by atoms with Crippen LogP contribution in [0.1, 0.15) is 58.8 Å². The van der Waals surface area contributed by atoms with Gasteiger partial charge in [0.2, 0.25) is 5.91 Å². The fourth-order valence-electron chi connectivity index (χ4n) is 3.73. The van der Waals surface area contributed by atoms with Gasteiger partial charge in [-0.1, -0.05) is 20.3 Å². The predicted molar refractivity (Wildman–Crippen MR) is 76.6 cm³/mol. The lowest BCUT2D eigenvalue weighted by Crippen LogP contribution is -2.41. The van der Waals surface area contributed by atoms with Crippen LogP contribution in [0.4, 0.5) is 0 Å². The van der Waals surface area contributed by atoms with E-state index in [-0.39, 0.29) is 6.04 Å². The Labute approximate surface area is 117 Å². The third-order valence-electron chi connectivity index (χ3n) is 5.18.